The minimum absolute atomic E-state index is 0.107. The molecule has 1 aromatic carbocycles. The highest BCUT2D eigenvalue weighted by molar-refractivity contribution is 9.10. The molecule has 0 saturated carbocycles. The van der Waals surface area contributed by atoms with Gasteiger partial charge in [-0.25, -0.2) is 4.98 Å². The minimum atomic E-state index is 0.107. The van der Waals surface area contributed by atoms with Crippen molar-refractivity contribution in [3.05, 3.63) is 50.4 Å². The third-order valence-corrected chi connectivity index (χ3v) is 4.99. The van der Waals surface area contributed by atoms with Gasteiger partial charge < -0.3 is 5.73 Å². The number of hydrogen-bond acceptors (Lipinski definition) is 4. The molecule has 114 valence electrons. The van der Waals surface area contributed by atoms with Crippen LogP contribution in [0.25, 0.3) is 0 Å². The van der Waals surface area contributed by atoms with Crippen LogP contribution >= 0.6 is 27.3 Å². The highest BCUT2D eigenvalue weighted by atomic mass is 79.9. The molecule has 21 heavy (non-hydrogen) atoms. The van der Waals surface area contributed by atoms with Gasteiger partial charge in [0.2, 0.25) is 0 Å². The summed E-state index contributed by atoms with van der Waals surface area (Å²) in [6, 6.07) is 8.75. The molecule has 2 unspecified atom stereocenters. The van der Waals surface area contributed by atoms with Gasteiger partial charge in [0.25, 0.3) is 0 Å². The summed E-state index contributed by atoms with van der Waals surface area (Å²) in [6.45, 7) is 4.99. The summed E-state index contributed by atoms with van der Waals surface area (Å²) in [6.07, 6.45) is 0.946. The molecular weight excluding hydrogens is 346 g/mol. The lowest BCUT2D eigenvalue weighted by Crippen LogP contribution is -2.38. The van der Waals surface area contributed by atoms with Crippen molar-refractivity contribution in [2.24, 2.45) is 5.73 Å². The van der Waals surface area contributed by atoms with Crippen molar-refractivity contribution in [2.75, 3.05) is 7.05 Å². The van der Waals surface area contributed by atoms with E-state index in [2.05, 4.69) is 69.4 Å². The van der Waals surface area contributed by atoms with E-state index in [0.717, 1.165) is 28.1 Å². The fraction of sp³-hybridized carbons (Fsp3) is 0.438. The van der Waals surface area contributed by atoms with E-state index in [1.807, 2.05) is 6.92 Å². The molecule has 1 aromatic heterocycles. The second-order valence-electron chi connectivity index (χ2n) is 5.34. The average Bonchev–Trinajstić information content (AvgIpc) is 2.86. The lowest BCUT2D eigenvalue weighted by atomic mass is 9.96. The van der Waals surface area contributed by atoms with E-state index in [1.165, 1.54) is 5.56 Å². The second-order valence-corrected chi connectivity index (χ2v) is 7.32. The van der Waals surface area contributed by atoms with Crippen LogP contribution in [-0.4, -0.2) is 23.0 Å². The van der Waals surface area contributed by atoms with Crippen LogP contribution in [0.3, 0.4) is 0 Å². The molecule has 0 saturated heterocycles. The van der Waals surface area contributed by atoms with Crippen LogP contribution in [0.2, 0.25) is 0 Å². The van der Waals surface area contributed by atoms with Gasteiger partial charge in [-0.05, 0) is 38.1 Å². The van der Waals surface area contributed by atoms with E-state index in [0.29, 0.717) is 0 Å². The van der Waals surface area contributed by atoms with Crippen LogP contribution in [0.15, 0.2) is 34.1 Å². The van der Waals surface area contributed by atoms with E-state index in [-0.39, 0.29) is 12.1 Å². The Balaban J connectivity index is 2.20. The highest BCUT2D eigenvalue weighted by Crippen LogP contribution is 2.27. The molecule has 0 amide bonds. The quantitative estimate of drug-likeness (QED) is 0.834. The zero-order valence-electron chi connectivity index (χ0n) is 12.7. The van der Waals surface area contributed by atoms with Crippen molar-refractivity contribution in [2.45, 2.75) is 38.9 Å². The number of halogens is 1. The van der Waals surface area contributed by atoms with Crippen molar-refractivity contribution in [1.29, 1.82) is 0 Å². The van der Waals surface area contributed by atoms with Crippen LogP contribution < -0.4 is 5.73 Å². The highest BCUT2D eigenvalue weighted by Gasteiger charge is 2.23. The summed E-state index contributed by atoms with van der Waals surface area (Å²) in [4.78, 5) is 6.85. The number of likely N-dealkylation sites (N-methyl/N-ethyl adjacent to an activating group) is 1. The van der Waals surface area contributed by atoms with Gasteiger partial charge in [-0.2, -0.15) is 0 Å². The monoisotopic (exact) mass is 367 g/mol. The summed E-state index contributed by atoms with van der Waals surface area (Å²) < 4.78 is 1.09. The van der Waals surface area contributed by atoms with Crippen LogP contribution in [0.1, 0.15) is 35.7 Å². The predicted octanol–water partition coefficient (Wildman–Crippen LogP) is 4.12. The molecule has 3 nitrogen and oxygen atoms in total. The van der Waals surface area contributed by atoms with Gasteiger partial charge in [0.05, 0.1) is 10.7 Å². The Bertz CT molecular complexity index is 567. The maximum Gasteiger partial charge on any atom is 0.0897 e. The molecule has 0 radical (unpaired) electrons. The Kier molecular flexibility index (Phi) is 5.93. The third-order valence-electron chi connectivity index (χ3n) is 3.64. The number of nitrogens with two attached hydrogens (primary N) is 1. The zero-order valence-corrected chi connectivity index (χ0v) is 15.1. The SMILES string of the molecule is CCC(N)C(c1ccc(Br)cc1)N(C)Cc1csc(C)n1. The fourth-order valence-corrected chi connectivity index (χ4v) is 3.41. The molecule has 0 fully saturated rings. The summed E-state index contributed by atoms with van der Waals surface area (Å²) in [5, 5.41) is 3.24. The van der Waals surface area contributed by atoms with Crippen LogP contribution in [0.4, 0.5) is 0 Å². The first-order valence-corrected chi connectivity index (χ1v) is 8.80. The summed E-state index contributed by atoms with van der Waals surface area (Å²) in [5.41, 5.74) is 8.74. The van der Waals surface area contributed by atoms with E-state index in [1.54, 1.807) is 11.3 Å². The van der Waals surface area contributed by atoms with Crippen molar-refractivity contribution in [1.82, 2.24) is 9.88 Å². The van der Waals surface area contributed by atoms with Gasteiger partial charge in [-0.1, -0.05) is 35.0 Å². The molecule has 0 aliphatic carbocycles. The Hall–Kier alpha value is -0.750. The number of benzene rings is 1. The Morgan fingerprint density at radius 3 is 2.52 bits per heavy atom. The van der Waals surface area contributed by atoms with E-state index in [4.69, 9.17) is 5.73 Å². The Labute approximate surface area is 139 Å². The summed E-state index contributed by atoms with van der Waals surface area (Å²) >= 11 is 5.18. The van der Waals surface area contributed by atoms with E-state index >= 15 is 0 Å². The normalized spacial score (nSPS) is 14.4. The number of aryl methyl sites for hydroxylation is 1. The number of rotatable bonds is 6. The molecule has 2 N–H and O–H groups in total. The van der Waals surface area contributed by atoms with Crippen LogP contribution in [0, 0.1) is 6.92 Å². The van der Waals surface area contributed by atoms with Gasteiger partial charge in [-0.15, -0.1) is 11.3 Å². The van der Waals surface area contributed by atoms with E-state index < -0.39 is 0 Å². The first kappa shape index (κ1) is 16.6. The van der Waals surface area contributed by atoms with Gasteiger partial charge in [-0.3, -0.25) is 4.90 Å². The van der Waals surface area contributed by atoms with Crippen LogP contribution in [-0.2, 0) is 6.54 Å². The number of aromatic nitrogens is 1. The largest absolute Gasteiger partial charge is 0.326 e. The second kappa shape index (κ2) is 7.49. The average molecular weight is 368 g/mol. The van der Waals surface area contributed by atoms with Gasteiger partial charge >= 0.3 is 0 Å². The molecule has 0 bridgehead atoms. The van der Waals surface area contributed by atoms with Gasteiger partial charge in [0.15, 0.2) is 0 Å². The standard InChI is InChI=1S/C16H22BrN3S/c1-4-15(18)16(12-5-7-13(17)8-6-12)20(3)9-14-10-21-11(2)19-14/h5-8,10,15-16H,4,9,18H2,1-3H3. The van der Waals surface area contributed by atoms with Crippen molar-refractivity contribution in [3.8, 4) is 0 Å². The number of hydrogen-bond donors (Lipinski definition) is 1. The smallest absolute Gasteiger partial charge is 0.0897 e. The van der Waals surface area contributed by atoms with Crippen molar-refractivity contribution in [3.63, 3.8) is 0 Å². The van der Waals surface area contributed by atoms with Crippen molar-refractivity contribution < 1.29 is 0 Å². The van der Waals surface area contributed by atoms with Crippen LogP contribution in [0.5, 0.6) is 0 Å². The molecule has 2 aromatic rings. The molecule has 2 atom stereocenters. The molecular formula is C16H22BrN3S. The maximum absolute atomic E-state index is 6.38. The Morgan fingerprint density at radius 2 is 2.00 bits per heavy atom. The minimum Gasteiger partial charge on any atom is -0.326 e. The van der Waals surface area contributed by atoms with Gasteiger partial charge in [0.1, 0.15) is 0 Å². The lowest BCUT2D eigenvalue weighted by Gasteiger charge is -2.32. The Morgan fingerprint density at radius 1 is 1.33 bits per heavy atom. The van der Waals surface area contributed by atoms with Crippen molar-refractivity contribution >= 4 is 27.3 Å². The third kappa shape index (κ3) is 4.36. The summed E-state index contributed by atoms with van der Waals surface area (Å²) in [5.74, 6) is 0. The number of nitrogens with zero attached hydrogens (tertiary/aromatic N) is 2. The summed E-state index contributed by atoms with van der Waals surface area (Å²) in [7, 11) is 2.12. The lowest BCUT2D eigenvalue weighted by molar-refractivity contribution is 0.200. The van der Waals surface area contributed by atoms with Gasteiger partial charge in [0, 0.05) is 28.5 Å². The topological polar surface area (TPSA) is 42.1 Å². The van der Waals surface area contributed by atoms with E-state index in [9.17, 15) is 0 Å². The molecule has 0 spiro atoms. The fourth-order valence-electron chi connectivity index (χ4n) is 2.55. The molecule has 5 heteroatoms. The first-order chi connectivity index (χ1) is 10.0. The first-order valence-electron chi connectivity index (χ1n) is 7.13. The molecule has 1 heterocycles. The number of thiazole rings is 1. The predicted molar refractivity (Wildman–Crippen MR) is 93.5 cm³/mol. The molecule has 0 aliphatic rings. The zero-order chi connectivity index (χ0) is 15.4. The molecule has 0 aliphatic heterocycles. The molecule has 2 rings (SSSR count). The maximum atomic E-state index is 6.38.